The molecule has 1 aliphatic heterocycles. The molecule has 1 heterocycles. The van der Waals surface area contributed by atoms with Crippen molar-refractivity contribution in [3.05, 3.63) is 0 Å². The third kappa shape index (κ3) is 2.19. The van der Waals surface area contributed by atoms with Crippen molar-refractivity contribution < 1.29 is 14.6 Å². The Hall–Kier alpha value is -0.570. The van der Waals surface area contributed by atoms with Crippen molar-refractivity contribution >= 4 is 5.97 Å². The van der Waals surface area contributed by atoms with E-state index in [1.54, 1.807) is 0 Å². The lowest BCUT2D eigenvalue weighted by molar-refractivity contribution is -0.145. The van der Waals surface area contributed by atoms with Gasteiger partial charge in [0.25, 0.3) is 0 Å². The van der Waals surface area contributed by atoms with Crippen LogP contribution in [0.1, 0.15) is 32.6 Å². The van der Waals surface area contributed by atoms with Gasteiger partial charge in [-0.2, -0.15) is 0 Å². The highest BCUT2D eigenvalue weighted by Crippen LogP contribution is 2.19. The molecule has 0 bridgehead atoms. The summed E-state index contributed by atoms with van der Waals surface area (Å²) in [6.45, 7) is 2.00. The van der Waals surface area contributed by atoms with Gasteiger partial charge in [-0.3, -0.25) is 4.79 Å². The molecule has 0 aromatic carbocycles. The second-order valence-electron chi connectivity index (χ2n) is 2.92. The van der Waals surface area contributed by atoms with Crippen LogP contribution in [0.3, 0.4) is 0 Å². The highest BCUT2D eigenvalue weighted by molar-refractivity contribution is 5.71. The minimum atomic E-state index is -0.452. The molecule has 1 rings (SSSR count). The minimum absolute atomic E-state index is 0.176. The van der Waals surface area contributed by atoms with Gasteiger partial charge in [-0.05, 0) is 12.8 Å². The molecule has 1 aliphatic rings. The largest absolute Gasteiger partial charge is 0.460 e. The smallest absolute Gasteiger partial charge is 0.306 e. The molecular weight excluding hydrogens is 144 g/mol. The molecule has 11 heavy (non-hydrogen) atoms. The number of hydrogen-bond donors (Lipinski definition) is 1. The summed E-state index contributed by atoms with van der Waals surface area (Å²) < 4.78 is 4.89. The highest BCUT2D eigenvalue weighted by atomic mass is 16.6. The van der Waals surface area contributed by atoms with Crippen molar-refractivity contribution in [2.24, 2.45) is 0 Å². The number of hydrogen-bond acceptors (Lipinski definition) is 3. The molecular formula is C8H14O3. The fourth-order valence-electron chi connectivity index (χ4n) is 1.30. The van der Waals surface area contributed by atoms with Crippen LogP contribution in [-0.2, 0) is 9.53 Å². The zero-order valence-electron chi connectivity index (χ0n) is 6.75. The molecule has 0 aliphatic carbocycles. The van der Waals surface area contributed by atoms with Crippen molar-refractivity contribution in [2.75, 3.05) is 0 Å². The van der Waals surface area contributed by atoms with Gasteiger partial charge in [-0.15, -0.1) is 0 Å². The van der Waals surface area contributed by atoms with Crippen LogP contribution in [0.2, 0.25) is 0 Å². The summed E-state index contributed by atoms with van der Waals surface area (Å²) in [7, 11) is 0. The Morgan fingerprint density at radius 1 is 1.82 bits per heavy atom. The van der Waals surface area contributed by atoms with E-state index in [2.05, 4.69) is 0 Å². The lowest BCUT2D eigenvalue weighted by atomic mass is 10.1. The SMILES string of the molecule is CCCC(O)C1CCC(=O)O1. The van der Waals surface area contributed by atoms with Gasteiger partial charge >= 0.3 is 5.97 Å². The van der Waals surface area contributed by atoms with E-state index in [4.69, 9.17) is 4.74 Å². The fourth-order valence-corrected chi connectivity index (χ4v) is 1.30. The minimum Gasteiger partial charge on any atom is -0.460 e. The maximum Gasteiger partial charge on any atom is 0.306 e. The van der Waals surface area contributed by atoms with E-state index in [-0.39, 0.29) is 12.1 Å². The average molecular weight is 158 g/mol. The Morgan fingerprint density at radius 2 is 2.55 bits per heavy atom. The van der Waals surface area contributed by atoms with Crippen LogP contribution in [0, 0.1) is 0 Å². The molecule has 1 N–H and O–H groups in total. The number of rotatable bonds is 3. The summed E-state index contributed by atoms with van der Waals surface area (Å²) in [6, 6.07) is 0. The summed E-state index contributed by atoms with van der Waals surface area (Å²) in [5, 5.41) is 9.39. The number of carbonyl (C=O) groups excluding carboxylic acids is 1. The number of esters is 1. The topological polar surface area (TPSA) is 46.5 Å². The summed E-state index contributed by atoms with van der Waals surface area (Å²) >= 11 is 0. The predicted molar refractivity (Wildman–Crippen MR) is 40.0 cm³/mol. The highest BCUT2D eigenvalue weighted by Gasteiger charge is 2.28. The van der Waals surface area contributed by atoms with Gasteiger partial charge in [0.2, 0.25) is 0 Å². The van der Waals surface area contributed by atoms with E-state index in [0.29, 0.717) is 12.8 Å². The standard InChI is InChI=1S/C8H14O3/c1-2-3-6(9)7-4-5-8(10)11-7/h6-7,9H,2-5H2,1H3. The van der Waals surface area contributed by atoms with Gasteiger partial charge in [-0.1, -0.05) is 13.3 Å². The van der Waals surface area contributed by atoms with Crippen molar-refractivity contribution in [1.29, 1.82) is 0 Å². The summed E-state index contributed by atoms with van der Waals surface area (Å²) in [6.07, 6.45) is 2.10. The second-order valence-corrected chi connectivity index (χ2v) is 2.92. The van der Waals surface area contributed by atoms with E-state index in [1.165, 1.54) is 0 Å². The molecule has 0 spiro atoms. The third-order valence-corrected chi connectivity index (χ3v) is 1.93. The zero-order chi connectivity index (χ0) is 8.27. The van der Waals surface area contributed by atoms with Crippen LogP contribution in [-0.4, -0.2) is 23.3 Å². The molecule has 0 amide bonds. The van der Waals surface area contributed by atoms with Crippen LogP contribution >= 0.6 is 0 Å². The Kier molecular flexibility index (Phi) is 2.88. The quantitative estimate of drug-likeness (QED) is 0.619. The summed E-state index contributed by atoms with van der Waals surface area (Å²) in [5.74, 6) is -0.176. The van der Waals surface area contributed by atoms with Gasteiger partial charge in [0.15, 0.2) is 0 Å². The van der Waals surface area contributed by atoms with Gasteiger partial charge in [0.05, 0.1) is 6.10 Å². The van der Waals surface area contributed by atoms with Gasteiger partial charge < -0.3 is 9.84 Å². The first-order valence-corrected chi connectivity index (χ1v) is 4.11. The number of aliphatic hydroxyl groups excluding tert-OH is 1. The number of ether oxygens (including phenoxy) is 1. The molecule has 2 unspecified atom stereocenters. The van der Waals surface area contributed by atoms with Crippen molar-refractivity contribution in [3.8, 4) is 0 Å². The van der Waals surface area contributed by atoms with Crippen molar-refractivity contribution in [3.63, 3.8) is 0 Å². The van der Waals surface area contributed by atoms with E-state index in [1.807, 2.05) is 6.92 Å². The van der Waals surface area contributed by atoms with Crippen molar-refractivity contribution in [1.82, 2.24) is 0 Å². The van der Waals surface area contributed by atoms with Crippen molar-refractivity contribution in [2.45, 2.75) is 44.8 Å². The van der Waals surface area contributed by atoms with Crippen LogP contribution in [0.4, 0.5) is 0 Å². The molecule has 64 valence electrons. The van der Waals surface area contributed by atoms with Crippen LogP contribution in [0.5, 0.6) is 0 Å². The Morgan fingerprint density at radius 3 is 3.00 bits per heavy atom. The first-order valence-electron chi connectivity index (χ1n) is 4.11. The number of aliphatic hydroxyl groups is 1. The Bertz CT molecular complexity index is 144. The second kappa shape index (κ2) is 3.72. The normalized spacial score (nSPS) is 26.7. The predicted octanol–water partition coefficient (Wildman–Crippen LogP) is 0.853. The van der Waals surface area contributed by atoms with Crippen LogP contribution in [0.25, 0.3) is 0 Å². The maximum absolute atomic E-state index is 10.6. The molecule has 3 nitrogen and oxygen atoms in total. The Labute approximate surface area is 66.4 Å². The average Bonchev–Trinajstić information content (AvgIpc) is 2.36. The third-order valence-electron chi connectivity index (χ3n) is 1.93. The zero-order valence-corrected chi connectivity index (χ0v) is 6.75. The molecule has 0 aromatic rings. The van der Waals surface area contributed by atoms with Crippen LogP contribution < -0.4 is 0 Å². The molecule has 3 heteroatoms. The van der Waals surface area contributed by atoms with E-state index < -0.39 is 6.10 Å². The lowest BCUT2D eigenvalue weighted by Gasteiger charge is -2.15. The lowest BCUT2D eigenvalue weighted by Crippen LogP contribution is -2.25. The molecule has 0 saturated carbocycles. The van der Waals surface area contributed by atoms with Gasteiger partial charge in [-0.25, -0.2) is 0 Å². The van der Waals surface area contributed by atoms with Gasteiger partial charge in [0, 0.05) is 6.42 Å². The fraction of sp³-hybridized carbons (Fsp3) is 0.875. The number of cyclic esters (lactones) is 1. The Balaban J connectivity index is 2.30. The monoisotopic (exact) mass is 158 g/mol. The summed E-state index contributed by atoms with van der Waals surface area (Å²) in [5.41, 5.74) is 0. The maximum atomic E-state index is 10.6. The number of carbonyl (C=O) groups is 1. The van der Waals surface area contributed by atoms with E-state index in [0.717, 1.165) is 12.8 Å². The molecule has 2 atom stereocenters. The van der Waals surface area contributed by atoms with Crippen LogP contribution in [0.15, 0.2) is 0 Å². The molecule has 1 saturated heterocycles. The molecule has 0 aromatic heterocycles. The summed E-state index contributed by atoms with van der Waals surface area (Å²) in [4.78, 5) is 10.6. The molecule has 0 radical (unpaired) electrons. The van der Waals surface area contributed by atoms with E-state index >= 15 is 0 Å². The van der Waals surface area contributed by atoms with E-state index in [9.17, 15) is 9.90 Å². The first kappa shape index (κ1) is 8.53. The van der Waals surface area contributed by atoms with Gasteiger partial charge in [0.1, 0.15) is 6.10 Å². The first-order chi connectivity index (χ1) is 5.24. The molecule has 1 fully saturated rings.